The minimum absolute atomic E-state index is 0.0663. The van der Waals surface area contributed by atoms with Crippen molar-refractivity contribution in [1.29, 1.82) is 0 Å². The zero-order valence-corrected chi connectivity index (χ0v) is 49.7. The van der Waals surface area contributed by atoms with Crippen LogP contribution in [0.5, 0.6) is 0 Å². The van der Waals surface area contributed by atoms with Crippen molar-refractivity contribution in [3.8, 4) is 0 Å². The van der Waals surface area contributed by atoms with Crippen LogP contribution in [0.25, 0.3) is 0 Å². The summed E-state index contributed by atoms with van der Waals surface area (Å²) in [6, 6.07) is 0. The molecular weight excluding hydrogens is 993 g/mol. The van der Waals surface area contributed by atoms with Gasteiger partial charge in [-0.05, 0) is 44.9 Å². The van der Waals surface area contributed by atoms with E-state index in [0.29, 0.717) is 13.0 Å². The van der Waals surface area contributed by atoms with Crippen LogP contribution in [0.4, 0.5) is 0 Å². The highest BCUT2D eigenvalue weighted by molar-refractivity contribution is 5.69. The first kappa shape index (κ1) is 72.6. The van der Waals surface area contributed by atoms with Crippen molar-refractivity contribution < 1.29 is 69.0 Å². The molecule has 0 bridgehead atoms. The predicted octanol–water partition coefficient (Wildman–Crippen LogP) is 12.7. The zero-order valence-electron chi connectivity index (χ0n) is 49.7. The van der Waals surface area contributed by atoms with Gasteiger partial charge in [-0.2, -0.15) is 0 Å². The SMILES string of the molecule is CCCCCCC/C=C\C/C=C\CCCCCCCCCCCCCC(=O)OC(COCCCCCCCCCCCCCCCCCCCCCCC)COC1OC(COC2OC(CO)C(O)C(O)C2O)C(O)C(O)C1O. The van der Waals surface area contributed by atoms with Crippen LogP contribution >= 0.6 is 0 Å². The lowest BCUT2D eigenvalue weighted by Gasteiger charge is -2.42. The normalized spacial score (nSPS) is 24.2. The van der Waals surface area contributed by atoms with Gasteiger partial charge in [-0.25, -0.2) is 0 Å². The van der Waals surface area contributed by atoms with Crippen molar-refractivity contribution >= 4 is 5.97 Å². The lowest BCUT2D eigenvalue weighted by atomic mass is 9.98. The Morgan fingerprint density at radius 1 is 0.423 bits per heavy atom. The molecule has 2 heterocycles. The van der Waals surface area contributed by atoms with Crippen LogP contribution < -0.4 is 0 Å². The van der Waals surface area contributed by atoms with Gasteiger partial charge in [0.05, 0.1) is 26.4 Å². The molecule has 0 aromatic rings. The van der Waals surface area contributed by atoms with E-state index in [1.807, 2.05) is 0 Å². The smallest absolute Gasteiger partial charge is 0.306 e. The highest BCUT2D eigenvalue weighted by Gasteiger charge is 2.47. The third kappa shape index (κ3) is 36.8. The molecule has 11 atom stereocenters. The van der Waals surface area contributed by atoms with Crippen LogP contribution in [0.2, 0.25) is 0 Å². The standard InChI is InChI=1S/C64H120O14/c1-3-5-7-9-11-13-15-17-19-21-23-25-26-27-29-31-33-35-37-39-41-43-45-47-56(66)76-53(50-73-48-46-44-42-40-38-36-34-32-30-28-24-22-20-18-16-14-12-10-8-6-4-2)51-74-63-62(72)60(70)58(68)55(78-63)52-75-64-61(71)59(69)57(67)54(49-65)77-64/h15,17,21,23,53-55,57-65,67-72H,3-14,16,18-20,22,24-52H2,1-2H3/b17-15-,23-21-. The molecule has 2 aliphatic heterocycles. The number of unbranched alkanes of at least 4 members (excludes halogenated alkanes) is 36. The topological polar surface area (TPSA) is 214 Å². The minimum atomic E-state index is -1.71. The maximum absolute atomic E-state index is 13.1. The molecule has 0 radical (unpaired) electrons. The van der Waals surface area contributed by atoms with Gasteiger partial charge in [0.2, 0.25) is 0 Å². The molecule has 2 saturated heterocycles. The van der Waals surface area contributed by atoms with E-state index in [1.165, 1.54) is 205 Å². The van der Waals surface area contributed by atoms with Crippen molar-refractivity contribution in [1.82, 2.24) is 0 Å². The van der Waals surface area contributed by atoms with Crippen LogP contribution in [0.15, 0.2) is 24.3 Å². The molecule has 7 N–H and O–H groups in total. The van der Waals surface area contributed by atoms with E-state index in [0.717, 1.165) is 44.9 Å². The van der Waals surface area contributed by atoms with Gasteiger partial charge in [0.25, 0.3) is 0 Å². The van der Waals surface area contributed by atoms with Gasteiger partial charge in [0.15, 0.2) is 12.6 Å². The molecule has 14 heteroatoms. The van der Waals surface area contributed by atoms with E-state index in [-0.39, 0.29) is 25.6 Å². The molecule has 460 valence electrons. The monoisotopic (exact) mass is 1110 g/mol. The van der Waals surface area contributed by atoms with Crippen molar-refractivity contribution in [3.05, 3.63) is 24.3 Å². The van der Waals surface area contributed by atoms with Crippen LogP contribution in [0.1, 0.15) is 277 Å². The predicted molar refractivity (Wildman–Crippen MR) is 312 cm³/mol. The maximum atomic E-state index is 13.1. The third-order valence-corrected chi connectivity index (χ3v) is 15.7. The number of carbonyl (C=O) groups is 1. The van der Waals surface area contributed by atoms with Gasteiger partial charge in [-0.1, -0.05) is 250 Å². The fraction of sp³-hybridized carbons (Fsp3) is 0.922. The van der Waals surface area contributed by atoms with Crippen LogP contribution in [-0.4, -0.2) is 142 Å². The number of aliphatic hydroxyl groups is 7. The average molecular weight is 1110 g/mol. The lowest BCUT2D eigenvalue weighted by molar-refractivity contribution is -0.332. The molecule has 0 aliphatic carbocycles. The number of aliphatic hydroxyl groups excluding tert-OH is 7. The second-order valence-electron chi connectivity index (χ2n) is 22.9. The number of carbonyl (C=O) groups excluding carboxylic acids is 1. The summed E-state index contributed by atoms with van der Waals surface area (Å²) in [6.45, 7) is 3.75. The van der Waals surface area contributed by atoms with Crippen LogP contribution in [0.3, 0.4) is 0 Å². The second kappa shape index (κ2) is 51.1. The van der Waals surface area contributed by atoms with E-state index < -0.39 is 80.7 Å². The maximum Gasteiger partial charge on any atom is 0.306 e. The molecule has 0 saturated carbocycles. The molecule has 0 spiro atoms. The summed E-state index contributed by atoms with van der Waals surface area (Å²) in [5, 5.41) is 72.5. The van der Waals surface area contributed by atoms with E-state index in [1.54, 1.807) is 0 Å². The first-order valence-electron chi connectivity index (χ1n) is 32.4. The quantitative estimate of drug-likeness (QED) is 0.0172. The first-order chi connectivity index (χ1) is 38.1. The van der Waals surface area contributed by atoms with E-state index in [2.05, 4.69) is 38.2 Å². The fourth-order valence-electron chi connectivity index (χ4n) is 10.5. The summed E-state index contributed by atoms with van der Waals surface area (Å²) in [6.07, 6.45) is 43.8. The summed E-state index contributed by atoms with van der Waals surface area (Å²) in [7, 11) is 0. The first-order valence-corrected chi connectivity index (χ1v) is 32.4. The van der Waals surface area contributed by atoms with Crippen molar-refractivity contribution in [3.63, 3.8) is 0 Å². The highest BCUT2D eigenvalue weighted by Crippen LogP contribution is 2.27. The summed E-state index contributed by atoms with van der Waals surface area (Å²) in [5.41, 5.74) is 0. The van der Waals surface area contributed by atoms with Gasteiger partial charge in [0.1, 0.15) is 54.9 Å². The molecule has 78 heavy (non-hydrogen) atoms. The second-order valence-corrected chi connectivity index (χ2v) is 22.9. The van der Waals surface area contributed by atoms with Crippen LogP contribution in [0, 0.1) is 0 Å². The highest BCUT2D eigenvalue weighted by atomic mass is 16.7. The number of hydrogen-bond donors (Lipinski definition) is 7. The van der Waals surface area contributed by atoms with Gasteiger partial charge in [-0.15, -0.1) is 0 Å². The third-order valence-electron chi connectivity index (χ3n) is 15.7. The molecule has 14 nitrogen and oxygen atoms in total. The number of rotatable bonds is 54. The number of hydrogen-bond acceptors (Lipinski definition) is 14. The largest absolute Gasteiger partial charge is 0.457 e. The molecule has 0 amide bonds. The molecule has 11 unspecified atom stereocenters. The summed E-state index contributed by atoms with van der Waals surface area (Å²) < 4.78 is 34.5. The van der Waals surface area contributed by atoms with Gasteiger partial charge >= 0.3 is 5.97 Å². The lowest BCUT2D eigenvalue weighted by Crippen LogP contribution is -2.61. The van der Waals surface area contributed by atoms with E-state index in [4.69, 9.17) is 28.4 Å². The molecule has 2 fully saturated rings. The minimum Gasteiger partial charge on any atom is -0.457 e. The molecule has 0 aromatic carbocycles. The van der Waals surface area contributed by atoms with E-state index in [9.17, 15) is 40.5 Å². The Kier molecular flexibility index (Phi) is 47.6. The van der Waals surface area contributed by atoms with Crippen molar-refractivity contribution in [2.75, 3.05) is 33.0 Å². The number of allylic oxidation sites excluding steroid dienone is 4. The summed E-state index contributed by atoms with van der Waals surface area (Å²) >= 11 is 0. The molecular formula is C64H120O14. The van der Waals surface area contributed by atoms with Gasteiger partial charge in [0, 0.05) is 13.0 Å². The summed E-state index contributed by atoms with van der Waals surface area (Å²) in [4.78, 5) is 13.1. The van der Waals surface area contributed by atoms with Gasteiger partial charge < -0.3 is 64.2 Å². The Morgan fingerprint density at radius 3 is 1.23 bits per heavy atom. The Hall–Kier alpha value is -1.53. The number of esters is 1. The number of ether oxygens (including phenoxy) is 6. The Bertz CT molecular complexity index is 1380. The summed E-state index contributed by atoms with van der Waals surface area (Å²) in [5.74, 6) is -0.372. The van der Waals surface area contributed by atoms with E-state index >= 15 is 0 Å². The molecule has 0 aromatic heterocycles. The zero-order chi connectivity index (χ0) is 56.5. The molecule has 2 aliphatic rings. The average Bonchev–Trinajstić information content (AvgIpc) is 3.44. The van der Waals surface area contributed by atoms with Crippen molar-refractivity contribution in [2.24, 2.45) is 0 Å². The Balaban J connectivity index is 1.67. The van der Waals surface area contributed by atoms with Crippen molar-refractivity contribution in [2.45, 2.75) is 345 Å². The molecule has 2 rings (SSSR count). The Morgan fingerprint density at radius 2 is 0.795 bits per heavy atom. The van der Waals surface area contributed by atoms with Crippen LogP contribution in [-0.2, 0) is 33.2 Å². The van der Waals surface area contributed by atoms with Gasteiger partial charge in [-0.3, -0.25) is 4.79 Å². The Labute approximate surface area is 475 Å². The fourth-order valence-corrected chi connectivity index (χ4v) is 10.5.